The quantitative estimate of drug-likeness (QED) is 0.529. The largest absolute Gasteiger partial charge is 0.404 e. The highest BCUT2D eigenvalue weighted by molar-refractivity contribution is 6.09. The van der Waals surface area contributed by atoms with Gasteiger partial charge < -0.3 is 11.1 Å². The molecule has 0 saturated heterocycles. The highest BCUT2D eigenvalue weighted by atomic mass is 16.1. The number of nitrogens with one attached hydrogen (secondary N) is 1. The summed E-state index contributed by atoms with van der Waals surface area (Å²) in [6, 6.07) is 9.77. The van der Waals surface area contributed by atoms with E-state index in [4.69, 9.17) is 10.7 Å². The van der Waals surface area contributed by atoms with Gasteiger partial charge in [0.2, 0.25) is 6.41 Å². The Labute approximate surface area is 144 Å². The van der Waals surface area contributed by atoms with Crippen LogP contribution in [0.2, 0.25) is 0 Å². The molecular weight excluding hydrogens is 316 g/mol. The monoisotopic (exact) mass is 334 g/mol. The number of hydrogen-bond donors (Lipinski definition) is 2. The zero-order valence-corrected chi connectivity index (χ0v) is 13.8. The molecule has 0 aliphatic rings. The van der Waals surface area contributed by atoms with Crippen molar-refractivity contribution in [2.24, 2.45) is 10.7 Å². The average Bonchev–Trinajstić information content (AvgIpc) is 3.12. The third-order valence-electron chi connectivity index (χ3n) is 3.75. The van der Waals surface area contributed by atoms with Gasteiger partial charge in [0.05, 0.1) is 29.3 Å². The molecule has 2 heterocycles. The summed E-state index contributed by atoms with van der Waals surface area (Å²) < 4.78 is 1.77. The van der Waals surface area contributed by atoms with E-state index < -0.39 is 0 Å². The predicted octanol–water partition coefficient (Wildman–Crippen LogP) is 1.64. The zero-order chi connectivity index (χ0) is 17.6. The number of benzene rings is 1. The lowest BCUT2D eigenvalue weighted by molar-refractivity contribution is -0.109. The topological polar surface area (TPSA) is 97.7 Å². The van der Waals surface area contributed by atoms with Crippen LogP contribution < -0.4 is 11.1 Å². The highest BCUT2D eigenvalue weighted by Crippen LogP contribution is 2.25. The van der Waals surface area contributed by atoms with E-state index in [1.54, 1.807) is 24.0 Å². The lowest BCUT2D eigenvalue weighted by atomic mass is 10.1. The molecule has 0 saturated carbocycles. The first-order valence-electron chi connectivity index (χ1n) is 7.72. The van der Waals surface area contributed by atoms with Crippen LogP contribution in [0.5, 0.6) is 0 Å². The molecule has 0 bridgehead atoms. The molecule has 7 nitrogen and oxygen atoms in total. The molecule has 0 aliphatic heterocycles. The predicted molar refractivity (Wildman–Crippen MR) is 97.9 cm³/mol. The van der Waals surface area contributed by atoms with Crippen LogP contribution in [0.4, 0.5) is 0 Å². The summed E-state index contributed by atoms with van der Waals surface area (Å²) in [5.74, 6) is 0. The van der Waals surface area contributed by atoms with Gasteiger partial charge in [-0.05, 0) is 11.6 Å². The summed E-state index contributed by atoms with van der Waals surface area (Å²) in [7, 11) is 1.68. The molecule has 0 unspecified atom stereocenters. The minimum absolute atomic E-state index is 0.492. The number of aliphatic imine (C=N–C) groups is 1. The van der Waals surface area contributed by atoms with Crippen molar-refractivity contribution < 1.29 is 4.79 Å². The normalized spacial score (nSPS) is 12.0. The fraction of sp³-hybridized carbons (Fsp3) is 0.111. The van der Waals surface area contributed by atoms with Gasteiger partial charge in [-0.15, -0.1) is 0 Å². The van der Waals surface area contributed by atoms with Gasteiger partial charge in [-0.2, -0.15) is 5.10 Å². The van der Waals surface area contributed by atoms with Crippen molar-refractivity contribution in [1.82, 2.24) is 19.9 Å². The Bertz CT molecular complexity index is 940. The molecule has 0 fully saturated rings. The van der Waals surface area contributed by atoms with E-state index in [1.165, 1.54) is 6.20 Å². The van der Waals surface area contributed by atoms with E-state index in [0.29, 0.717) is 24.2 Å². The molecule has 0 spiro atoms. The highest BCUT2D eigenvalue weighted by Gasteiger charge is 2.11. The van der Waals surface area contributed by atoms with Crippen LogP contribution in [-0.2, 0) is 11.3 Å². The molecule has 0 radical (unpaired) electrons. The van der Waals surface area contributed by atoms with Crippen molar-refractivity contribution in [3.05, 3.63) is 60.2 Å². The lowest BCUT2D eigenvalue weighted by Crippen LogP contribution is -2.09. The Morgan fingerprint density at radius 2 is 2.12 bits per heavy atom. The van der Waals surface area contributed by atoms with Gasteiger partial charge in [0.25, 0.3) is 0 Å². The molecule has 0 aliphatic carbocycles. The summed E-state index contributed by atoms with van der Waals surface area (Å²) >= 11 is 0. The van der Waals surface area contributed by atoms with Crippen LogP contribution in [-0.4, -0.2) is 34.3 Å². The molecule has 7 heteroatoms. The molecule has 2 aromatic heterocycles. The van der Waals surface area contributed by atoms with Gasteiger partial charge in [0, 0.05) is 37.1 Å². The molecule has 3 rings (SSSR count). The minimum Gasteiger partial charge on any atom is -0.404 e. The van der Waals surface area contributed by atoms with Gasteiger partial charge in [0.15, 0.2) is 0 Å². The number of hydrogen-bond acceptors (Lipinski definition) is 5. The summed E-state index contributed by atoms with van der Waals surface area (Å²) in [5, 5.41) is 6.96. The fourth-order valence-corrected chi connectivity index (χ4v) is 2.55. The number of aromatic nitrogens is 3. The molecule has 0 atom stereocenters. The van der Waals surface area contributed by atoms with Crippen LogP contribution >= 0.6 is 0 Å². The van der Waals surface area contributed by atoms with Gasteiger partial charge in [-0.25, -0.2) is 9.50 Å². The van der Waals surface area contributed by atoms with Gasteiger partial charge in [-0.1, -0.05) is 24.3 Å². The maximum absolute atomic E-state index is 10.4. The number of fused-ring (bicyclic) bond motifs is 1. The Kier molecular flexibility index (Phi) is 4.84. The first-order valence-corrected chi connectivity index (χ1v) is 7.72. The SMILES string of the molecule is CN=CC(=CN)c1cn2nccc2c(-c2ccc(CNC=O)cc2)n1. The first kappa shape index (κ1) is 16.4. The number of carbonyl (C=O) groups excluding carboxylic acids is 1. The van der Waals surface area contributed by atoms with Crippen molar-refractivity contribution in [2.75, 3.05) is 7.05 Å². The average molecular weight is 334 g/mol. The van der Waals surface area contributed by atoms with Gasteiger partial charge in [-0.3, -0.25) is 9.79 Å². The summed E-state index contributed by atoms with van der Waals surface area (Å²) in [4.78, 5) is 19.2. The van der Waals surface area contributed by atoms with E-state index in [1.807, 2.05) is 36.5 Å². The van der Waals surface area contributed by atoms with Crippen LogP contribution in [0.15, 0.2) is 53.9 Å². The number of rotatable bonds is 6. The smallest absolute Gasteiger partial charge is 0.207 e. The van der Waals surface area contributed by atoms with E-state index in [9.17, 15) is 4.79 Å². The first-order chi connectivity index (χ1) is 12.3. The van der Waals surface area contributed by atoms with Gasteiger partial charge in [0.1, 0.15) is 0 Å². The molecule has 25 heavy (non-hydrogen) atoms. The lowest BCUT2D eigenvalue weighted by Gasteiger charge is -2.09. The molecular formula is C18H18N6O. The van der Waals surface area contributed by atoms with Crippen molar-refractivity contribution in [2.45, 2.75) is 6.54 Å². The Morgan fingerprint density at radius 3 is 2.80 bits per heavy atom. The van der Waals surface area contributed by atoms with Crippen molar-refractivity contribution in [3.8, 4) is 11.3 Å². The standard InChI is InChI=1S/C18H18N6O/c1-20-10-15(8-19)16-11-24-17(6-7-22-24)18(23-16)14-4-2-13(3-5-14)9-21-12-25/h2-8,10-12H,9,19H2,1H3,(H,21,25). The van der Waals surface area contributed by atoms with Gasteiger partial charge >= 0.3 is 0 Å². The molecule has 1 aromatic carbocycles. The second-order valence-corrected chi connectivity index (χ2v) is 5.34. The summed E-state index contributed by atoms with van der Waals surface area (Å²) in [6.45, 7) is 0.492. The Morgan fingerprint density at radius 1 is 1.32 bits per heavy atom. The van der Waals surface area contributed by atoms with Crippen LogP contribution in [0.1, 0.15) is 11.3 Å². The Hall–Kier alpha value is -3.48. The number of carbonyl (C=O) groups is 1. The van der Waals surface area contributed by atoms with Crippen LogP contribution in [0.25, 0.3) is 22.3 Å². The second kappa shape index (κ2) is 7.39. The second-order valence-electron chi connectivity index (χ2n) is 5.34. The zero-order valence-electron chi connectivity index (χ0n) is 13.8. The number of nitrogens with two attached hydrogens (primary N) is 1. The minimum atomic E-state index is 0.492. The number of amides is 1. The molecule has 3 N–H and O–H groups in total. The van der Waals surface area contributed by atoms with Crippen molar-refractivity contribution in [3.63, 3.8) is 0 Å². The fourth-order valence-electron chi connectivity index (χ4n) is 2.55. The van der Waals surface area contributed by atoms with Crippen LogP contribution in [0.3, 0.4) is 0 Å². The van der Waals surface area contributed by atoms with E-state index in [2.05, 4.69) is 15.4 Å². The number of allylic oxidation sites excluding steroid dienone is 1. The summed E-state index contributed by atoms with van der Waals surface area (Å²) in [6.07, 6.45) is 7.37. The maximum atomic E-state index is 10.4. The third kappa shape index (κ3) is 3.40. The van der Waals surface area contributed by atoms with Crippen molar-refractivity contribution >= 4 is 23.7 Å². The third-order valence-corrected chi connectivity index (χ3v) is 3.75. The van der Waals surface area contributed by atoms with E-state index in [0.717, 1.165) is 22.3 Å². The number of nitrogens with zero attached hydrogens (tertiary/aromatic N) is 4. The van der Waals surface area contributed by atoms with Crippen LogP contribution in [0, 0.1) is 0 Å². The van der Waals surface area contributed by atoms with E-state index in [-0.39, 0.29) is 0 Å². The Balaban J connectivity index is 2.08. The van der Waals surface area contributed by atoms with Crippen molar-refractivity contribution in [1.29, 1.82) is 0 Å². The summed E-state index contributed by atoms with van der Waals surface area (Å²) in [5.41, 5.74) is 10.8. The van der Waals surface area contributed by atoms with E-state index >= 15 is 0 Å². The molecule has 1 amide bonds. The molecule has 126 valence electrons. The maximum Gasteiger partial charge on any atom is 0.207 e. The molecule has 3 aromatic rings.